The molecule has 0 spiro atoms. The number of ketones is 1. The van der Waals surface area contributed by atoms with Gasteiger partial charge < -0.3 is 10.5 Å². The van der Waals surface area contributed by atoms with E-state index < -0.39 is 6.04 Å². The Balaban J connectivity index is 2.70. The van der Waals surface area contributed by atoms with Crippen LogP contribution in [0, 0.1) is 5.92 Å². The number of carbonyl (C=O) groups is 1. The summed E-state index contributed by atoms with van der Waals surface area (Å²) in [7, 11) is 0. The third kappa shape index (κ3) is 3.86. The summed E-state index contributed by atoms with van der Waals surface area (Å²) in [6, 6.07) is 6.74. The molecule has 1 atom stereocenters. The van der Waals surface area contributed by atoms with E-state index in [0.717, 1.165) is 12.2 Å². The Morgan fingerprint density at radius 2 is 1.88 bits per heavy atom. The molecule has 17 heavy (non-hydrogen) atoms. The Morgan fingerprint density at radius 1 is 1.29 bits per heavy atom. The van der Waals surface area contributed by atoms with Crippen molar-refractivity contribution in [2.75, 3.05) is 6.61 Å². The van der Waals surface area contributed by atoms with Crippen molar-refractivity contribution in [3.05, 3.63) is 29.8 Å². The predicted molar refractivity (Wildman–Crippen MR) is 69.4 cm³/mol. The Morgan fingerprint density at radius 3 is 2.35 bits per heavy atom. The molecule has 0 bridgehead atoms. The predicted octanol–water partition coefficient (Wildman–Crippen LogP) is 2.64. The molecule has 0 fully saturated rings. The smallest absolute Gasteiger partial charge is 0.179 e. The maximum Gasteiger partial charge on any atom is 0.179 e. The van der Waals surface area contributed by atoms with Gasteiger partial charge >= 0.3 is 0 Å². The Hall–Kier alpha value is -1.35. The number of benzene rings is 1. The van der Waals surface area contributed by atoms with Crippen molar-refractivity contribution in [1.29, 1.82) is 0 Å². The second-order valence-corrected chi connectivity index (χ2v) is 4.51. The van der Waals surface area contributed by atoms with Gasteiger partial charge in [-0.15, -0.1) is 0 Å². The molecule has 0 saturated heterocycles. The van der Waals surface area contributed by atoms with Crippen LogP contribution in [0.25, 0.3) is 0 Å². The number of ether oxygens (including phenoxy) is 1. The standard InChI is InChI=1S/C14H21NO2/c1-4-9-17-12-7-5-11(6-8-12)14(16)13(15)10(2)3/h5-8,10,13H,4,9,15H2,1-3H3. The van der Waals surface area contributed by atoms with Gasteiger partial charge in [0.2, 0.25) is 0 Å². The maximum atomic E-state index is 11.9. The van der Waals surface area contributed by atoms with E-state index in [4.69, 9.17) is 10.5 Å². The number of hydrogen-bond acceptors (Lipinski definition) is 3. The molecule has 94 valence electrons. The van der Waals surface area contributed by atoms with E-state index in [1.165, 1.54) is 0 Å². The third-order valence-electron chi connectivity index (χ3n) is 2.63. The molecule has 0 heterocycles. The Bertz CT molecular complexity index is 357. The first kappa shape index (κ1) is 13.7. The van der Waals surface area contributed by atoms with E-state index in [1.807, 2.05) is 26.0 Å². The summed E-state index contributed by atoms with van der Waals surface area (Å²) in [5.74, 6) is 0.932. The van der Waals surface area contributed by atoms with Crippen LogP contribution in [0.4, 0.5) is 0 Å². The fraction of sp³-hybridized carbons (Fsp3) is 0.500. The van der Waals surface area contributed by atoms with Crippen molar-refractivity contribution >= 4 is 5.78 Å². The highest BCUT2D eigenvalue weighted by atomic mass is 16.5. The van der Waals surface area contributed by atoms with E-state index in [-0.39, 0.29) is 11.7 Å². The zero-order chi connectivity index (χ0) is 12.8. The minimum atomic E-state index is -0.433. The van der Waals surface area contributed by atoms with E-state index >= 15 is 0 Å². The zero-order valence-electron chi connectivity index (χ0n) is 10.8. The number of hydrogen-bond donors (Lipinski definition) is 1. The third-order valence-corrected chi connectivity index (χ3v) is 2.63. The van der Waals surface area contributed by atoms with Gasteiger partial charge in [-0.05, 0) is 36.6 Å². The first-order valence-electron chi connectivity index (χ1n) is 6.09. The minimum absolute atomic E-state index is 0.0120. The Kier molecular flexibility index (Phi) is 5.16. The summed E-state index contributed by atoms with van der Waals surface area (Å²) in [6.45, 7) is 6.64. The summed E-state index contributed by atoms with van der Waals surface area (Å²) in [5, 5.41) is 0. The first-order chi connectivity index (χ1) is 8.06. The van der Waals surface area contributed by atoms with Gasteiger partial charge in [0.1, 0.15) is 5.75 Å². The van der Waals surface area contributed by atoms with Gasteiger partial charge in [-0.3, -0.25) is 4.79 Å². The number of nitrogens with two attached hydrogens (primary N) is 1. The normalized spacial score (nSPS) is 12.5. The SMILES string of the molecule is CCCOc1ccc(C(=O)C(N)C(C)C)cc1. The van der Waals surface area contributed by atoms with Gasteiger partial charge in [-0.2, -0.15) is 0 Å². The average molecular weight is 235 g/mol. The van der Waals surface area contributed by atoms with Crippen molar-refractivity contribution in [2.24, 2.45) is 11.7 Å². The van der Waals surface area contributed by atoms with Gasteiger partial charge in [0, 0.05) is 5.56 Å². The lowest BCUT2D eigenvalue weighted by molar-refractivity contribution is 0.0940. The van der Waals surface area contributed by atoms with Gasteiger partial charge in [0.25, 0.3) is 0 Å². The minimum Gasteiger partial charge on any atom is -0.494 e. The van der Waals surface area contributed by atoms with Crippen molar-refractivity contribution in [3.63, 3.8) is 0 Å². The topological polar surface area (TPSA) is 52.3 Å². The number of carbonyl (C=O) groups excluding carboxylic acids is 1. The van der Waals surface area contributed by atoms with Crippen LogP contribution in [0.3, 0.4) is 0 Å². The van der Waals surface area contributed by atoms with E-state index in [2.05, 4.69) is 6.92 Å². The maximum absolute atomic E-state index is 11.9. The second-order valence-electron chi connectivity index (χ2n) is 4.51. The van der Waals surface area contributed by atoms with Gasteiger partial charge in [0.05, 0.1) is 12.6 Å². The molecule has 1 unspecified atom stereocenters. The van der Waals surface area contributed by atoms with Gasteiger partial charge in [0.15, 0.2) is 5.78 Å². The monoisotopic (exact) mass is 235 g/mol. The van der Waals surface area contributed by atoms with Crippen LogP contribution >= 0.6 is 0 Å². The number of rotatable bonds is 6. The van der Waals surface area contributed by atoms with Crippen LogP contribution in [0.2, 0.25) is 0 Å². The summed E-state index contributed by atoms with van der Waals surface area (Å²) < 4.78 is 5.46. The molecule has 0 aliphatic carbocycles. The highest BCUT2D eigenvalue weighted by Gasteiger charge is 2.18. The molecule has 3 heteroatoms. The molecule has 2 N–H and O–H groups in total. The molecule has 0 amide bonds. The van der Waals surface area contributed by atoms with E-state index in [1.54, 1.807) is 12.1 Å². The quantitative estimate of drug-likeness (QED) is 0.771. The molecule has 0 aromatic heterocycles. The second kappa shape index (κ2) is 6.40. The molecule has 1 rings (SSSR count). The van der Waals surface area contributed by atoms with Crippen LogP contribution in [0.15, 0.2) is 24.3 Å². The first-order valence-corrected chi connectivity index (χ1v) is 6.09. The van der Waals surface area contributed by atoms with Crippen molar-refractivity contribution in [2.45, 2.75) is 33.2 Å². The highest BCUT2D eigenvalue weighted by molar-refractivity contribution is 6.00. The average Bonchev–Trinajstić information content (AvgIpc) is 2.35. The molecular formula is C14H21NO2. The van der Waals surface area contributed by atoms with Gasteiger partial charge in [-0.1, -0.05) is 20.8 Å². The molecule has 3 nitrogen and oxygen atoms in total. The number of Topliss-reactive ketones (excluding diaryl/α,β-unsaturated/α-hetero) is 1. The lowest BCUT2D eigenvalue weighted by atomic mass is 9.96. The fourth-order valence-electron chi connectivity index (χ4n) is 1.43. The lowest BCUT2D eigenvalue weighted by Gasteiger charge is -2.14. The van der Waals surface area contributed by atoms with Crippen molar-refractivity contribution < 1.29 is 9.53 Å². The van der Waals surface area contributed by atoms with Crippen molar-refractivity contribution in [1.82, 2.24) is 0 Å². The van der Waals surface area contributed by atoms with Crippen LogP contribution in [-0.4, -0.2) is 18.4 Å². The Labute approximate surface area is 103 Å². The van der Waals surface area contributed by atoms with E-state index in [9.17, 15) is 4.79 Å². The van der Waals surface area contributed by atoms with Crippen LogP contribution in [-0.2, 0) is 0 Å². The molecule has 1 aromatic carbocycles. The summed E-state index contributed by atoms with van der Waals surface area (Å²) in [4.78, 5) is 11.9. The molecular weight excluding hydrogens is 214 g/mol. The molecule has 0 aliphatic rings. The lowest BCUT2D eigenvalue weighted by Crippen LogP contribution is -2.35. The van der Waals surface area contributed by atoms with Crippen LogP contribution in [0.1, 0.15) is 37.6 Å². The molecule has 0 aliphatic heterocycles. The highest BCUT2D eigenvalue weighted by Crippen LogP contribution is 2.15. The summed E-state index contributed by atoms with van der Waals surface area (Å²) in [6.07, 6.45) is 0.971. The zero-order valence-corrected chi connectivity index (χ0v) is 10.8. The fourth-order valence-corrected chi connectivity index (χ4v) is 1.43. The largest absolute Gasteiger partial charge is 0.494 e. The van der Waals surface area contributed by atoms with Crippen LogP contribution in [0.5, 0.6) is 5.75 Å². The van der Waals surface area contributed by atoms with Crippen molar-refractivity contribution in [3.8, 4) is 5.75 Å². The van der Waals surface area contributed by atoms with E-state index in [0.29, 0.717) is 12.2 Å². The van der Waals surface area contributed by atoms with Gasteiger partial charge in [-0.25, -0.2) is 0 Å². The molecule has 1 aromatic rings. The molecule has 0 radical (unpaired) electrons. The summed E-state index contributed by atoms with van der Waals surface area (Å²) >= 11 is 0. The summed E-state index contributed by atoms with van der Waals surface area (Å²) in [5.41, 5.74) is 6.48. The molecule has 0 saturated carbocycles. The van der Waals surface area contributed by atoms with Crippen LogP contribution < -0.4 is 10.5 Å².